The van der Waals surface area contributed by atoms with Gasteiger partial charge in [-0.2, -0.15) is 0 Å². The van der Waals surface area contributed by atoms with E-state index in [2.05, 4.69) is 36.4 Å². The normalized spacial score (nSPS) is 12.6. The predicted molar refractivity (Wildman–Crippen MR) is 61.7 cm³/mol. The maximum absolute atomic E-state index is 4.39. The average molecular weight is 193 g/mol. The van der Waals surface area contributed by atoms with Crippen molar-refractivity contribution in [2.45, 2.75) is 26.8 Å². The second-order valence-corrected chi connectivity index (χ2v) is 3.84. The molecule has 1 rings (SSSR count). The lowest BCUT2D eigenvalue weighted by Gasteiger charge is -2.18. The van der Waals surface area contributed by atoms with E-state index < -0.39 is 0 Å². The molecule has 78 valence electrons. The van der Waals surface area contributed by atoms with Crippen LogP contribution < -0.4 is 10.6 Å². The van der Waals surface area contributed by atoms with Crippen molar-refractivity contribution in [3.05, 3.63) is 18.2 Å². The van der Waals surface area contributed by atoms with E-state index in [-0.39, 0.29) is 0 Å². The van der Waals surface area contributed by atoms with Gasteiger partial charge in [0.15, 0.2) is 0 Å². The van der Waals surface area contributed by atoms with Gasteiger partial charge >= 0.3 is 0 Å². The van der Waals surface area contributed by atoms with Crippen molar-refractivity contribution in [3.8, 4) is 0 Å². The molecule has 3 heteroatoms. The first-order valence-electron chi connectivity index (χ1n) is 5.05. The Labute approximate surface area is 85.9 Å². The molecule has 1 unspecified atom stereocenters. The molecule has 0 fully saturated rings. The lowest BCUT2D eigenvalue weighted by atomic mass is 10.1. The van der Waals surface area contributed by atoms with E-state index in [1.54, 1.807) is 0 Å². The molecule has 0 spiro atoms. The monoisotopic (exact) mass is 193 g/mol. The van der Waals surface area contributed by atoms with Gasteiger partial charge in [0.1, 0.15) is 11.6 Å². The molecule has 0 radical (unpaired) electrons. The molecule has 0 saturated heterocycles. The largest absolute Gasteiger partial charge is 0.373 e. The molecule has 0 saturated carbocycles. The van der Waals surface area contributed by atoms with Gasteiger partial charge < -0.3 is 10.6 Å². The summed E-state index contributed by atoms with van der Waals surface area (Å²) in [7, 11) is 1.87. The summed E-state index contributed by atoms with van der Waals surface area (Å²) in [5, 5.41) is 6.38. The Morgan fingerprint density at radius 1 is 1.14 bits per heavy atom. The molecule has 3 nitrogen and oxygen atoms in total. The van der Waals surface area contributed by atoms with E-state index >= 15 is 0 Å². The van der Waals surface area contributed by atoms with Crippen molar-refractivity contribution in [3.63, 3.8) is 0 Å². The molecule has 14 heavy (non-hydrogen) atoms. The van der Waals surface area contributed by atoms with Crippen LogP contribution in [0.1, 0.15) is 20.8 Å². The topological polar surface area (TPSA) is 37.0 Å². The number of anilines is 2. The maximum atomic E-state index is 4.39. The van der Waals surface area contributed by atoms with Crippen LogP contribution in [-0.2, 0) is 0 Å². The fourth-order valence-electron chi connectivity index (χ4n) is 1.05. The molecule has 1 heterocycles. The zero-order chi connectivity index (χ0) is 10.6. The van der Waals surface area contributed by atoms with E-state index in [1.165, 1.54) is 0 Å². The van der Waals surface area contributed by atoms with E-state index in [4.69, 9.17) is 0 Å². The minimum absolute atomic E-state index is 0.439. The van der Waals surface area contributed by atoms with Gasteiger partial charge in [-0.15, -0.1) is 0 Å². The molecule has 1 aromatic rings. The molecular formula is C11H19N3. The van der Waals surface area contributed by atoms with Crippen LogP contribution in [-0.4, -0.2) is 18.1 Å². The van der Waals surface area contributed by atoms with Crippen LogP contribution in [0.2, 0.25) is 0 Å². The van der Waals surface area contributed by atoms with Crippen molar-refractivity contribution in [1.29, 1.82) is 0 Å². The zero-order valence-corrected chi connectivity index (χ0v) is 9.33. The summed E-state index contributed by atoms with van der Waals surface area (Å²) in [6.07, 6.45) is 0. The molecule has 1 atom stereocenters. The third-order valence-corrected chi connectivity index (χ3v) is 2.38. The maximum Gasteiger partial charge on any atom is 0.128 e. The summed E-state index contributed by atoms with van der Waals surface area (Å²) < 4.78 is 0. The van der Waals surface area contributed by atoms with Crippen LogP contribution in [0.25, 0.3) is 0 Å². The van der Waals surface area contributed by atoms with Crippen molar-refractivity contribution >= 4 is 11.6 Å². The fourth-order valence-corrected chi connectivity index (χ4v) is 1.05. The average Bonchev–Trinajstić information content (AvgIpc) is 2.18. The van der Waals surface area contributed by atoms with Gasteiger partial charge in [-0.3, -0.25) is 0 Å². The van der Waals surface area contributed by atoms with Crippen LogP contribution in [0.15, 0.2) is 18.2 Å². The molecule has 0 aliphatic carbocycles. The highest BCUT2D eigenvalue weighted by molar-refractivity contribution is 5.45. The number of nitrogens with one attached hydrogen (secondary N) is 2. The fraction of sp³-hybridized carbons (Fsp3) is 0.545. The van der Waals surface area contributed by atoms with Crippen molar-refractivity contribution < 1.29 is 0 Å². The standard InChI is InChI=1S/C11H19N3/c1-8(2)9(3)13-11-7-5-6-10(12-4)14-11/h5-9H,1-4H3,(H2,12,13,14). The molecule has 0 aliphatic rings. The minimum atomic E-state index is 0.439. The third-order valence-electron chi connectivity index (χ3n) is 2.38. The SMILES string of the molecule is CNc1cccc(NC(C)C(C)C)n1. The highest BCUT2D eigenvalue weighted by Gasteiger charge is 2.06. The molecule has 0 aliphatic heterocycles. The highest BCUT2D eigenvalue weighted by Crippen LogP contribution is 2.12. The molecule has 0 aromatic carbocycles. The van der Waals surface area contributed by atoms with E-state index in [0.717, 1.165) is 11.6 Å². The van der Waals surface area contributed by atoms with E-state index in [1.807, 2.05) is 25.2 Å². The molecule has 1 aromatic heterocycles. The summed E-state index contributed by atoms with van der Waals surface area (Å²) in [5.74, 6) is 2.43. The summed E-state index contributed by atoms with van der Waals surface area (Å²) in [5.41, 5.74) is 0. The molecular weight excluding hydrogens is 174 g/mol. The Kier molecular flexibility index (Phi) is 3.74. The lowest BCUT2D eigenvalue weighted by Crippen LogP contribution is -2.22. The highest BCUT2D eigenvalue weighted by atomic mass is 15.1. The van der Waals surface area contributed by atoms with Crippen LogP contribution in [0, 0.1) is 5.92 Å². The summed E-state index contributed by atoms with van der Waals surface area (Å²) in [6, 6.07) is 6.37. The third kappa shape index (κ3) is 2.91. The number of hydrogen-bond acceptors (Lipinski definition) is 3. The smallest absolute Gasteiger partial charge is 0.128 e. The Morgan fingerprint density at radius 2 is 1.79 bits per heavy atom. The van der Waals surface area contributed by atoms with Gasteiger partial charge in [0.25, 0.3) is 0 Å². The minimum Gasteiger partial charge on any atom is -0.373 e. The van der Waals surface area contributed by atoms with Crippen LogP contribution >= 0.6 is 0 Å². The van der Waals surface area contributed by atoms with Crippen LogP contribution in [0.3, 0.4) is 0 Å². The van der Waals surface area contributed by atoms with Crippen molar-refractivity contribution in [2.75, 3.05) is 17.7 Å². The van der Waals surface area contributed by atoms with Gasteiger partial charge in [0.05, 0.1) is 0 Å². The predicted octanol–water partition coefficient (Wildman–Crippen LogP) is 2.58. The van der Waals surface area contributed by atoms with Gasteiger partial charge in [0.2, 0.25) is 0 Å². The second-order valence-electron chi connectivity index (χ2n) is 3.84. The van der Waals surface area contributed by atoms with E-state index in [9.17, 15) is 0 Å². The molecule has 0 bridgehead atoms. The van der Waals surface area contributed by atoms with Crippen molar-refractivity contribution in [2.24, 2.45) is 5.92 Å². The first-order chi connectivity index (χ1) is 6.63. The van der Waals surface area contributed by atoms with Gasteiger partial charge in [0, 0.05) is 13.1 Å². The van der Waals surface area contributed by atoms with Gasteiger partial charge in [-0.1, -0.05) is 19.9 Å². The Hall–Kier alpha value is -1.25. The zero-order valence-electron chi connectivity index (χ0n) is 9.33. The van der Waals surface area contributed by atoms with Gasteiger partial charge in [-0.25, -0.2) is 4.98 Å². The Bertz CT molecular complexity index is 284. The number of pyridine rings is 1. The number of nitrogens with zero attached hydrogens (tertiary/aromatic N) is 1. The van der Waals surface area contributed by atoms with E-state index in [0.29, 0.717) is 12.0 Å². The number of aromatic nitrogens is 1. The summed E-state index contributed by atoms with van der Waals surface area (Å²) >= 11 is 0. The van der Waals surface area contributed by atoms with Crippen LogP contribution in [0.5, 0.6) is 0 Å². The summed E-state index contributed by atoms with van der Waals surface area (Å²) in [6.45, 7) is 6.55. The second kappa shape index (κ2) is 4.84. The molecule has 2 N–H and O–H groups in total. The number of rotatable bonds is 4. The Balaban J connectivity index is 2.66. The number of hydrogen-bond donors (Lipinski definition) is 2. The van der Waals surface area contributed by atoms with Crippen LogP contribution in [0.4, 0.5) is 11.6 Å². The van der Waals surface area contributed by atoms with Gasteiger partial charge in [-0.05, 0) is 25.0 Å². The summed E-state index contributed by atoms with van der Waals surface area (Å²) in [4.78, 5) is 4.39. The lowest BCUT2D eigenvalue weighted by molar-refractivity contribution is 0.558. The molecule has 0 amide bonds. The van der Waals surface area contributed by atoms with Crippen molar-refractivity contribution in [1.82, 2.24) is 4.98 Å². The first-order valence-corrected chi connectivity index (χ1v) is 5.05. The first kappa shape index (κ1) is 10.8. The Morgan fingerprint density at radius 3 is 2.36 bits per heavy atom. The quantitative estimate of drug-likeness (QED) is 0.771.